The van der Waals surface area contributed by atoms with Crippen molar-refractivity contribution in [2.75, 3.05) is 11.5 Å². The number of aromatic nitrogens is 1. The third-order valence-electron chi connectivity index (χ3n) is 6.32. The fourth-order valence-corrected chi connectivity index (χ4v) is 5.61. The van der Waals surface area contributed by atoms with Crippen molar-refractivity contribution in [3.05, 3.63) is 93.8 Å². The third kappa shape index (κ3) is 4.26. The van der Waals surface area contributed by atoms with Gasteiger partial charge in [-0.25, -0.2) is 14.2 Å². The smallest absolute Gasteiger partial charge is 0.350 e. The molecule has 38 heavy (non-hydrogen) atoms. The minimum Gasteiger partial charge on any atom is -0.507 e. The van der Waals surface area contributed by atoms with Crippen LogP contribution in [-0.4, -0.2) is 40.5 Å². The van der Waals surface area contributed by atoms with E-state index in [1.807, 2.05) is 6.92 Å². The summed E-state index contributed by atoms with van der Waals surface area (Å²) < 4.78 is 25.9. The first kappa shape index (κ1) is 25.3. The summed E-state index contributed by atoms with van der Waals surface area (Å²) in [4.78, 5) is 44.7. The lowest BCUT2D eigenvalue weighted by molar-refractivity contribution is -0.132. The van der Waals surface area contributed by atoms with Crippen LogP contribution in [0.25, 0.3) is 5.76 Å². The van der Waals surface area contributed by atoms with Gasteiger partial charge in [0.15, 0.2) is 5.13 Å². The summed E-state index contributed by atoms with van der Waals surface area (Å²) >= 11 is 0.841. The van der Waals surface area contributed by atoms with Crippen molar-refractivity contribution in [3.8, 4) is 5.75 Å². The van der Waals surface area contributed by atoms with Crippen molar-refractivity contribution in [2.24, 2.45) is 0 Å². The highest BCUT2D eigenvalue weighted by atomic mass is 32.1. The van der Waals surface area contributed by atoms with E-state index in [-0.39, 0.29) is 39.6 Å². The number of aliphatic hydroxyl groups is 1. The fraction of sp³-hybridized carbons (Fsp3) is 0.214. The number of amides is 1. The predicted molar refractivity (Wildman–Crippen MR) is 139 cm³/mol. The van der Waals surface area contributed by atoms with E-state index in [0.29, 0.717) is 17.7 Å². The first-order valence-electron chi connectivity index (χ1n) is 11.8. The Kier molecular flexibility index (Phi) is 6.58. The van der Waals surface area contributed by atoms with Crippen molar-refractivity contribution in [2.45, 2.75) is 32.4 Å². The summed E-state index contributed by atoms with van der Waals surface area (Å²) in [7, 11) is 0. The minimum absolute atomic E-state index is 0.00126. The van der Waals surface area contributed by atoms with E-state index in [2.05, 4.69) is 11.6 Å². The molecule has 2 aromatic carbocycles. The average Bonchev–Trinajstić information content (AvgIpc) is 3.54. The summed E-state index contributed by atoms with van der Waals surface area (Å²) in [6, 6.07) is 9.33. The standard InChI is InChI=1S/C28H23FN2O6S/c1-4-11-36-27(35)25-15(3)30-28(38-25)31-22(18-7-5-6-8-19(18)29)21(24(33)26(31)34)23(32)16-9-10-20-17(13-16)12-14(2)37-20/h4-10,13-14,22,32H,1,11-12H2,2-3H3/b23-21-. The molecular formula is C28H23FN2O6S. The lowest BCUT2D eigenvalue weighted by Gasteiger charge is -2.23. The first-order chi connectivity index (χ1) is 18.2. The predicted octanol–water partition coefficient (Wildman–Crippen LogP) is 4.88. The number of hydrogen-bond acceptors (Lipinski definition) is 8. The number of aryl methyl sites for hydroxylation is 1. The number of thiazole rings is 1. The highest BCUT2D eigenvalue weighted by Crippen LogP contribution is 2.45. The van der Waals surface area contributed by atoms with Gasteiger partial charge in [-0.15, -0.1) is 0 Å². The van der Waals surface area contributed by atoms with Crippen molar-refractivity contribution in [1.29, 1.82) is 0 Å². The molecule has 2 atom stereocenters. The van der Waals surface area contributed by atoms with Crippen molar-refractivity contribution in [1.82, 2.24) is 4.98 Å². The topological polar surface area (TPSA) is 106 Å². The summed E-state index contributed by atoms with van der Waals surface area (Å²) in [6.07, 6.45) is 1.99. The molecule has 5 rings (SSSR count). The molecule has 2 unspecified atom stereocenters. The molecule has 3 aromatic rings. The second-order valence-corrected chi connectivity index (χ2v) is 9.92. The van der Waals surface area contributed by atoms with Crippen LogP contribution in [0.3, 0.4) is 0 Å². The maximum Gasteiger partial charge on any atom is 0.350 e. The van der Waals surface area contributed by atoms with Crippen LogP contribution in [0.4, 0.5) is 9.52 Å². The molecule has 3 heterocycles. The molecule has 0 radical (unpaired) electrons. The normalized spacial score (nSPS) is 19.8. The fourth-order valence-electron chi connectivity index (χ4n) is 4.62. The summed E-state index contributed by atoms with van der Waals surface area (Å²) in [6.45, 7) is 6.97. The highest BCUT2D eigenvalue weighted by Gasteiger charge is 2.49. The largest absolute Gasteiger partial charge is 0.507 e. The van der Waals surface area contributed by atoms with Gasteiger partial charge in [0.25, 0.3) is 5.78 Å². The van der Waals surface area contributed by atoms with Crippen LogP contribution < -0.4 is 9.64 Å². The zero-order chi connectivity index (χ0) is 27.1. The number of fused-ring (bicyclic) bond motifs is 1. The van der Waals surface area contributed by atoms with Crippen LogP contribution in [0.15, 0.2) is 60.7 Å². The Bertz CT molecular complexity index is 1530. The molecule has 8 nitrogen and oxygen atoms in total. The number of rotatable bonds is 6. The van der Waals surface area contributed by atoms with Gasteiger partial charge in [-0.2, -0.15) is 0 Å². The molecule has 2 aliphatic heterocycles. The van der Waals surface area contributed by atoms with E-state index in [1.54, 1.807) is 31.2 Å². The van der Waals surface area contributed by atoms with Gasteiger partial charge < -0.3 is 14.6 Å². The maximum absolute atomic E-state index is 15.1. The number of carbonyl (C=O) groups is 3. The third-order valence-corrected chi connectivity index (χ3v) is 7.46. The monoisotopic (exact) mass is 534 g/mol. The van der Waals surface area contributed by atoms with Gasteiger partial charge in [-0.05, 0) is 43.7 Å². The van der Waals surface area contributed by atoms with E-state index in [9.17, 15) is 19.5 Å². The van der Waals surface area contributed by atoms with Crippen LogP contribution in [0.1, 0.15) is 45.0 Å². The Morgan fingerprint density at radius 2 is 2.08 bits per heavy atom. The van der Waals surface area contributed by atoms with Crippen molar-refractivity contribution >= 4 is 39.9 Å². The zero-order valence-corrected chi connectivity index (χ0v) is 21.4. The quantitative estimate of drug-likeness (QED) is 0.158. The second kappa shape index (κ2) is 9.86. The van der Waals surface area contributed by atoms with E-state index < -0.39 is 35.3 Å². The Balaban J connectivity index is 1.66. The lowest BCUT2D eigenvalue weighted by Crippen LogP contribution is -2.29. The zero-order valence-electron chi connectivity index (χ0n) is 20.6. The van der Waals surface area contributed by atoms with Crippen LogP contribution in [-0.2, 0) is 20.7 Å². The average molecular weight is 535 g/mol. The molecule has 0 spiro atoms. The Labute approximate surface area is 221 Å². The molecule has 1 amide bonds. The highest BCUT2D eigenvalue weighted by molar-refractivity contribution is 7.17. The molecule has 10 heteroatoms. The van der Waals surface area contributed by atoms with Crippen LogP contribution >= 0.6 is 11.3 Å². The number of carbonyl (C=O) groups excluding carboxylic acids is 3. The number of anilines is 1. The number of ketones is 1. The van der Waals surface area contributed by atoms with Crippen molar-refractivity contribution < 1.29 is 33.4 Å². The Hall–Kier alpha value is -4.31. The summed E-state index contributed by atoms with van der Waals surface area (Å²) in [5.74, 6) is -3.11. The van der Waals surface area contributed by atoms with Gasteiger partial charge in [0.1, 0.15) is 41.0 Å². The molecule has 2 aliphatic rings. The van der Waals surface area contributed by atoms with Gasteiger partial charge in [0, 0.05) is 17.5 Å². The van der Waals surface area contributed by atoms with E-state index in [4.69, 9.17) is 9.47 Å². The van der Waals surface area contributed by atoms with E-state index in [0.717, 1.165) is 21.8 Å². The van der Waals surface area contributed by atoms with Gasteiger partial charge in [-0.1, -0.05) is 42.2 Å². The molecule has 194 valence electrons. The molecule has 0 aliphatic carbocycles. The lowest BCUT2D eigenvalue weighted by atomic mass is 9.94. The number of hydrogen-bond donors (Lipinski definition) is 1. The molecule has 1 N–H and O–H groups in total. The summed E-state index contributed by atoms with van der Waals surface area (Å²) in [5.41, 5.74) is 1.13. The molecule has 0 bridgehead atoms. The van der Waals surface area contributed by atoms with Crippen LogP contribution in [0, 0.1) is 12.7 Å². The Morgan fingerprint density at radius 1 is 1.32 bits per heavy atom. The van der Waals surface area contributed by atoms with Gasteiger partial charge >= 0.3 is 11.9 Å². The number of Topliss-reactive ketones (excluding diaryl/α,β-unsaturated/α-hetero) is 1. The van der Waals surface area contributed by atoms with E-state index >= 15 is 4.39 Å². The second-order valence-electron chi connectivity index (χ2n) is 8.94. The molecule has 0 saturated carbocycles. The van der Waals surface area contributed by atoms with Crippen LogP contribution in [0.5, 0.6) is 5.75 Å². The van der Waals surface area contributed by atoms with Crippen LogP contribution in [0.2, 0.25) is 0 Å². The number of aliphatic hydroxyl groups excluding tert-OH is 1. The number of halogens is 1. The first-order valence-corrected chi connectivity index (χ1v) is 12.6. The molecule has 1 aromatic heterocycles. The molecule has 1 saturated heterocycles. The minimum atomic E-state index is -1.32. The number of benzene rings is 2. The molecular weight excluding hydrogens is 511 g/mol. The van der Waals surface area contributed by atoms with Gasteiger partial charge in [-0.3, -0.25) is 14.5 Å². The van der Waals surface area contributed by atoms with Gasteiger partial charge in [0.05, 0.1) is 11.3 Å². The maximum atomic E-state index is 15.1. The van der Waals surface area contributed by atoms with E-state index in [1.165, 1.54) is 24.3 Å². The number of nitrogens with zero attached hydrogens (tertiary/aromatic N) is 2. The SMILES string of the molecule is C=CCOC(=O)c1sc(N2C(=O)C(=O)/C(=C(\O)c3ccc4c(c3)CC(C)O4)C2c2ccccc2F)nc1C. The summed E-state index contributed by atoms with van der Waals surface area (Å²) in [5, 5.41) is 11.4. The number of esters is 1. The molecule has 1 fully saturated rings. The number of ether oxygens (including phenoxy) is 2. The van der Waals surface area contributed by atoms with Gasteiger partial charge in [0.2, 0.25) is 0 Å². The Morgan fingerprint density at radius 3 is 2.82 bits per heavy atom. The van der Waals surface area contributed by atoms with Crippen molar-refractivity contribution in [3.63, 3.8) is 0 Å².